The van der Waals surface area contributed by atoms with Gasteiger partial charge in [-0.2, -0.15) is 0 Å². The minimum atomic E-state index is -0.952. The summed E-state index contributed by atoms with van der Waals surface area (Å²) >= 11 is 0. The van der Waals surface area contributed by atoms with E-state index >= 15 is 0 Å². The summed E-state index contributed by atoms with van der Waals surface area (Å²) in [6.45, 7) is 4.54. The zero-order chi connectivity index (χ0) is 20.2. The van der Waals surface area contributed by atoms with Crippen molar-refractivity contribution in [3.8, 4) is 0 Å². The Balaban J connectivity index is 3.67. The fourth-order valence-corrected chi connectivity index (χ4v) is 3.10. The Bertz CT molecular complexity index is 390. The van der Waals surface area contributed by atoms with Crippen LogP contribution in [0, 0.1) is 5.92 Å². The Morgan fingerprint density at radius 3 is 1.89 bits per heavy atom. The van der Waals surface area contributed by atoms with Crippen molar-refractivity contribution in [2.45, 2.75) is 110 Å². The van der Waals surface area contributed by atoms with Crippen LogP contribution in [-0.2, 0) is 14.3 Å². The molecule has 0 aliphatic rings. The van der Waals surface area contributed by atoms with E-state index in [0.717, 1.165) is 19.3 Å². The predicted molar refractivity (Wildman–Crippen MR) is 112 cm³/mol. The summed E-state index contributed by atoms with van der Waals surface area (Å²) in [5, 5.41) is 8.94. The van der Waals surface area contributed by atoms with E-state index in [-0.39, 0.29) is 6.42 Å². The van der Waals surface area contributed by atoms with Gasteiger partial charge in [-0.1, -0.05) is 90.2 Å². The first-order valence-corrected chi connectivity index (χ1v) is 11.1. The molecule has 0 fully saturated rings. The Labute approximate surface area is 166 Å². The number of carboxylic acid groups (broad SMARTS) is 1. The first kappa shape index (κ1) is 25.7. The van der Waals surface area contributed by atoms with Crippen LogP contribution in [0.3, 0.4) is 0 Å². The second kappa shape index (κ2) is 19.4. The van der Waals surface area contributed by atoms with E-state index in [1.807, 2.05) is 13.0 Å². The van der Waals surface area contributed by atoms with Gasteiger partial charge in [0.05, 0.1) is 18.9 Å². The Kier molecular flexibility index (Phi) is 18.5. The fourth-order valence-electron chi connectivity index (χ4n) is 3.10. The molecule has 0 rings (SSSR count). The minimum absolute atomic E-state index is 0.161. The molecule has 0 aromatic rings. The number of carboxylic acids is 1. The minimum Gasteiger partial charge on any atom is -0.481 e. The molecule has 0 saturated carbocycles. The molecule has 0 saturated heterocycles. The zero-order valence-electron chi connectivity index (χ0n) is 17.7. The van der Waals surface area contributed by atoms with Gasteiger partial charge in [0.25, 0.3) is 0 Å². The van der Waals surface area contributed by atoms with Crippen LogP contribution in [0.15, 0.2) is 12.2 Å². The van der Waals surface area contributed by atoms with Crippen molar-refractivity contribution in [1.29, 1.82) is 0 Å². The highest BCUT2D eigenvalue weighted by Gasteiger charge is 2.21. The lowest BCUT2D eigenvalue weighted by Gasteiger charge is -2.11. The van der Waals surface area contributed by atoms with Crippen LogP contribution in [0.25, 0.3) is 0 Å². The number of esters is 1. The molecule has 0 aromatic heterocycles. The number of carbonyl (C=O) groups is 2. The number of hydrogen-bond acceptors (Lipinski definition) is 3. The molecule has 0 amide bonds. The molecule has 158 valence electrons. The maximum Gasteiger partial charge on any atom is 0.309 e. The second-order valence-corrected chi connectivity index (χ2v) is 7.49. The second-order valence-electron chi connectivity index (χ2n) is 7.49. The van der Waals surface area contributed by atoms with Gasteiger partial charge in [-0.15, -0.1) is 0 Å². The van der Waals surface area contributed by atoms with Crippen molar-refractivity contribution in [3.05, 3.63) is 12.2 Å². The molecule has 4 nitrogen and oxygen atoms in total. The van der Waals surface area contributed by atoms with Crippen LogP contribution in [0.1, 0.15) is 110 Å². The lowest BCUT2D eigenvalue weighted by molar-refractivity contribution is -0.153. The van der Waals surface area contributed by atoms with E-state index in [1.54, 1.807) is 0 Å². The first-order valence-electron chi connectivity index (χ1n) is 11.1. The highest BCUT2D eigenvalue weighted by atomic mass is 16.5. The van der Waals surface area contributed by atoms with E-state index in [4.69, 9.17) is 9.84 Å². The third-order valence-corrected chi connectivity index (χ3v) is 4.76. The highest BCUT2D eigenvalue weighted by molar-refractivity contribution is 5.79. The number of allylic oxidation sites excluding steroid dienone is 2. The van der Waals surface area contributed by atoms with Crippen molar-refractivity contribution in [1.82, 2.24) is 0 Å². The average molecular weight is 383 g/mol. The van der Waals surface area contributed by atoms with Gasteiger partial charge < -0.3 is 9.84 Å². The van der Waals surface area contributed by atoms with Gasteiger partial charge in [0.2, 0.25) is 0 Å². The van der Waals surface area contributed by atoms with Crippen molar-refractivity contribution in [2.75, 3.05) is 6.61 Å². The van der Waals surface area contributed by atoms with Gasteiger partial charge in [0.1, 0.15) is 0 Å². The number of aliphatic carboxylic acids is 1. The molecule has 0 aromatic carbocycles. The molecule has 0 spiro atoms. The van der Waals surface area contributed by atoms with Crippen LogP contribution >= 0.6 is 0 Å². The summed E-state index contributed by atoms with van der Waals surface area (Å²) in [7, 11) is 0. The Hall–Kier alpha value is -1.32. The molecular formula is C23H42O4. The zero-order valence-corrected chi connectivity index (χ0v) is 17.7. The van der Waals surface area contributed by atoms with Crippen molar-refractivity contribution >= 4 is 11.9 Å². The lowest BCUT2D eigenvalue weighted by Crippen LogP contribution is -2.20. The molecule has 0 radical (unpaired) electrons. The maximum atomic E-state index is 11.9. The quantitative estimate of drug-likeness (QED) is 0.154. The highest BCUT2D eigenvalue weighted by Crippen LogP contribution is 2.14. The third kappa shape index (κ3) is 17.8. The molecule has 0 aliphatic heterocycles. The average Bonchev–Trinajstić information content (AvgIpc) is 2.65. The number of carbonyl (C=O) groups excluding carboxylic acids is 1. The van der Waals surface area contributed by atoms with Crippen LogP contribution < -0.4 is 0 Å². The topological polar surface area (TPSA) is 63.6 Å². The van der Waals surface area contributed by atoms with E-state index in [9.17, 15) is 9.59 Å². The molecular weight excluding hydrogens is 340 g/mol. The first-order chi connectivity index (χ1) is 13.1. The van der Waals surface area contributed by atoms with Crippen molar-refractivity contribution in [3.63, 3.8) is 0 Å². The van der Waals surface area contributed by atoms with Crippen LogP contribution in [0.4, 0.5) is 0 Å². The molecule has 0 heterocycles. The molecule has 27 heavy (non-hydrogen) atoms. The molecule has 4 heteroatoms. The van der Waals surface area contributed by atoms with Gasteiger partial charge in [-0.05, 0) is 25.7 Å². The Morgan fingerprint density at radius 2 is 1.37 bits per heavy atom. The summed E-state index contributed by atoms with van der Waals surface area (Å²) in [5.74, 6) is -1.91. The maximum absolute atomic E-state index is 11.9. The number of ether oxygens (including phenoxy) is 1. The standard InChI is InChI=1S/C23H42O4/c1-3-5-6-7-8-9-10-11-12-13-14-15-16-17-18-21(20-22(24)25)23(26)27-19-4-2/h16-17,21H,3-15,18-20H2,1-2H3,(H,24,25)/b17-16+. The van der Waals surface area contributed by atoms with Crippen LogP contribution in [0.2, 0.25) is 0 Å². The van der Waals surface area contributed by atoms with Gasteiger partial charge in [0.15, 0.2) is 0 Å². The number of hydrogen-bond donors (Lipinski definition) is 1. The molecule has 0 aliphatic carbocycles. The largest absolute Gasteiger partial charge is 0.481 e. The number of rotatable bonds is 19. The summed E-state index contributed by atoms with van der Waals surface area (Å²) in [6, 6.07) is 0. The van der Waals surface area contributed by atoms with E-state index < -0.39 is 17.9 Å². The van der Waals surface area contributed by atoms with Crippen LogP contribution in [-0.4, -0.2) is 23.7 Å². The van der Waals surface area contributed by atoms with Crippen LogP contribution in [0.5, 0.6) is 0 Å². The summed E-state index contributed by atoms with van der Waals surface area (Å²) in [5.41, 5.74) is 0. The van der Waals surface area contributed by atoms with Crippen molar-refractivity contribution < 1.29 is 19.4 Å². The normalized spacial score (nSPS) is 12.4. The fraction of sp³-hybridized carbons (Fsp3) is 0.826. The van der Waals surface area contributed by atoms with Gasteiger partial charge in [-0.25, -0.2) is 0 Å². The van der Waals surface area contributed by atoms with Gasteiger partial charge >= 0.3 is 11.9 Å². The molecule has 1 atom stereocenters. The predicted octanol–water partition coefficient (Wildman–Crippen LogP) is 6.68. The number of unbranched alkanes of at least 4 members (excludes halogenated alkanes) is 11. The molecule has 1 unspecified atom stereocenters. The smallest absolute Gasteiger partial charge is 0.309 e. The third-order valence-electron chi connectivity index (χ3n) is 4.76. The summed E-state index contributed by atoms with van der Waals surface area (Å²) in [4.78, 5) is 22.8. The van der Waals surface area contributed by atoms with E-state index in [2.05, 4.69) is 13.0 Å². The monoisotopic (exact) mass is 382 g/mol. The lowest BCUT2D eigenvalue weighted by atomic mass is 10.0. The Morgan fingerprint density at radius 1 is 0.815 bits per heavy atom. The van der Waals surface area contributed by atoms with E-state index in [0.29, 0.717) is 13.0 Å². The summed E-state index contributed by atoms with van der Waals surface area (Å²) in [6.07, 6.45) is 20.7. The van der Waals surface area contributed by atoms with Crippen molar-refractivity contribution in [2.24, 2.45) is 5.92 Å². The van der Waals surface area contributed by atoms with E-state index in [1.165, 1.54) is 64.2 Å². The van der Waals surface area contributed by atoms with Gasteiger partial charge in [0, 0.05) is 0 Å². The SMILES string of the molecule is CCCCCCCCCCCCC/C=C/CC(CC(=O)O)C(=O)OCCC. The summed E-state index contributed by atoms with van der Waals surface area (Å²) < 4.78 is 5.09. The molecule has 0 bridgehead atoms. The molecule has 1 N–H and O–H groups in total. The van der Waals surface area contributed by atoms with Gasteiger partial charge in [-0.3, -0.25) is 9.59 Å².